The maximum Gasteiger partial charge on any atom is 0.243 e. The Balaban J connectivity index is 1.62. The number of carbonyl (C=O) groups is 1. The Morgan fingerprint density at radius 1 is 0.970 bits per heavy atom. The Kier molecular flexibility index (Phi) is 6.74. The molecule has 3 aromatic carbocycles. The third-order valence-electron chi connectivity index (χ3n) is 5.63. The van der Waals surface area contributed by atoms with E-state index in [1.54, 1.807) is 35.0 Å². The van der Waals surface area contributed by atoms with Gasteiger partial charge in [0.2, 0.25) is 10.0 Å². The Morgan fingerprint density at radius 3 is 2.33 bits per heavy atom. The second-order valence-electron chi connectivity index (χ2n) is 8.12. The first-order valence-electron chi connectivity index (χ1n) is 10.7. The zero-order valence-electron chi connectivity index (χ0n) is 18.3. The van der Waals surface area contributed by atoms with Crippen molar-refractivity contribution < 1.29 is 18.3 Å². The first-order chi connectivity index (χ1) is 15.9. The lowest BCUT2D eigenvalue weighted by Gasteiger charge is -2.25. The second kappa shape index (κ2) is 9.70. The molecule has 170 valence electrons. The third kappa shape index (κ3) is 5.06. The number of fused-ring (bicyclic) bond motifs is 1. The number of aliphatic hydroxyl groups is 1. The predicted octanol–water partition coefficient (Wildman–Crippen LogP) is 4.01. The van der Waals surface area contributed by atoms with Crippen LogP contribution in [0.15, 0.2) is 90.0 Å². The molecular weight excluding hydrogens is 436 g/mol. The molecule has 1 atom stereocenters. The summed E-state index contributed by atoms with van der Waals surface area (Å²) < 4.78 is 30.0. The maximum atomic E-state index is 13.5. The van der Waals surface area contributed by atoms with Crippen molar-refractivity contribution in [3.05, 3.63) is 102 Å². The molecule has 0 saturated heterocycles. The van der Waals surface area contributed by atoms with Crippen LogP contribution in [-0.4, -0.2) is 41.3 Å². The molecule has 0 aliphatic rings. The average Bonchev–Trinajstić information content (AvgIpc) is 3.17. The topological polar surface area (TPSA) is 79.6 Å². The highest BCUT2D eigenvalue weighted by molar-refractivity contribution is 7.89. The molecule has 1 N–H and O–H groups in total. The highest BCUT2D eigenvalue weighted by atomic mass is 32.2. The predicted molar refractivity (Wildman–Crippen MR) is 129 cm³/mol. The van der Waals surface area contributed by atoms with E-state index in [1.165, 1.54) is 4.31 Å². The van der Waals surface area contributed by atoms with E-state index in [1.807, 2.05) is 61.5 Å². The summed E-state index contributed by atoms with van der Waals surface area (Å²) in [6.45, 7) is 2.11. The number of aromatic nitrogens is 1. The molecule has 0 aliphatic heterocycles. The molecule has 7 heteroatoms. The van der Waals surface area contributed by atoms with Gasteiger partial charge in [-0.1, -0.05) is 66.2 Å². The molecule has 33 heavy (non-hydrogen) atoms. The Bertz CT molecular complexity index is 1350. The van der Waals surface area contributed by atoms with Crippen LogP contribution in [0.1, 0.15) is 21.5 Å². The zero-order chi connectivity index (χ0) is 23.4. The molecule has 4 rings (SSSR count). The number of aliphatic hydroxyl groups excluding tert-OH is 1. The summed E-state index contributed by atoms with van der Waals surface area (Å²) in [5, 5.41) is 11.7. The minimum Gasteiger partial charge on any atom is -0.390 e. The van der Waals surface area contributed by atoms with Gasteiger partial charge in [-0.25, -0.2) is 8.42 Å². The summed E-state index contributed by atoms with van der Waals surface area (Å²) in [5.74, 6) is 0. The van der Waals surface area contributed by atoms with Crippen LogP contribution < -0.4 is 0 Å². The lowest BCUT2D eigenvalue weighted by atomic mass is 10.2. The molecule has 0 amide bonds. The van der Waals surface area contributed by atoms with E-state index >= 15 is 0 Å². The number of hydrogen-bond acceptors (Lipinski definition) is 4. The second-order valence-corrected chi connectivity index (χ2v) is 10.1. The summed E-state index contributed by atoms with van der Waals surface area (Å²) in [4.78, 5) is 11.6. The van der Waals surface area contributed by atoms with Crippen molar-refractivity contribution >= 4 is 27.2 Å². The molecule has 0 saturated carbocycles. The Labute approximate surface area is 193 Å². The number of rotatable bonds is 9. The van der Waals surface area contributed by atoms with E-state index in [-0.39, 0.29) is 24.5 Å². The molecule has 0 radical (unpaired) electrons. The number of benzene rings is 3. The Hall–Kier alpha value is -3.26. The van der Waals surface area contributed by atoms with Gasteiger partial charge in [-0.3, -0.25) is 4.79 Å². The summed E-state index contributed by atoms with van der Waals surface area (Å²) >= 11 is 0. The fourth-order valence-electron chi connectivity index (χ4n) is 3.93. The molecule has 0 aliphatic carbocycles. The van der Waals surface area contributed by atoms with Crippen molar-refractivity contribution in [1.82, 2.24) is 8.87 Å². The normalized spacial score (nSPS) is 12.8. The number of aldehydes is 1. The summed E-state index contributed by atoms with van der Waals surface area (Å²) in [6.07, 6.45) is 1.50. The number of carbonyl (C=O) groups excluding carboxylic acids is 1. The molecule has 1 aromatic heterocycles. The number of para-hydroxylation sites is 1. The van der Waals surface area contributed by atoms with Gasteiger partial charge in [0.25, 0.3) is 0 Å². The monoisotopic (exact) mass is 462 g/mol. The third-order valence-corrected chi connectivity index (χ3v) is 7.45. The van der Waals surface area contributed by atoms with Gasteiger partial charge in [-0.2, -0.15) is 4.31 Å². The van der Waals surface area contributed by atoms with Crippen LogP contribution in [0.2, 0.25) is 0 Å². The first-order valence-corrected chi connectivity index (χ1v) is 12.1. The summed E-state index contributed by atoms with van der Waals surface area (Å²) in [6, 6.07) is 23.5. The lowest BCUT2D eigenvalue weighted by molar-refractivity contribution is 0.112. The van der Waals surface area contributed by atoms with Crippen LogP contribution in [0.4, 0.5) is 0 Å². The van der Waals surface area contributed by atoms with E-state index in [4.69, 9.17) is 0 Å². The standard InChI is InChI=1S/C26H26N2O4S/c1-20-11-13-24(14-12-20)33(31,32)28(15-21-7-3-2-4-8-21)18-23(30)17-27-16-22(19-29)25-9-5-6-10-26(25)27/h2-14,16,19,23,30H,15,17-18H2,1H3. The van der Waals surface area contributed by atoms with Crippen LogP contribution in [0.5, 0.6) is 0 Å². The summed E-state index contributed by atoms with van der Waals surface area (Å²) in [5.41, 5.74) is 3.14. The van der Waals surface area contributed by atoms with Crippen molar-refractivity contribution in [3.63, 3.8) is 0 Å². The maximum absolute atomic E-state index is 13.5. The van der Waals surface area contributed by atoms with E-state index < -0.39 is 16.1 Å². The van der Waals surface area contributed by atoms with Crippen molar-refractivity contribution in [2.45, 2.75) is 31.0 Å². The van der Waals surface area contributed by atoms with Gasteiger partial charge in [0, 0.05) is 42.3 Å². The molecule has 0 spiro atoms. The first kappa shape index (κ1) is 22.9. The largest absolute Gasteiger partial charge is 0.390 e. The van der Waals surface area contributed by atoms with Crippen molar-refractivity contribution in [3.8, 4) is 0 Å². The van der Waals surface area contributed by atoms with Crippen molar-refractivity contribution in [2.24, 2.45) is 0 Å². The van der Waals surface area contributed by atoms with Crippen LogP contribution >= 0.6 is 0 Å². The summed E-state index contributed by atoms with van der Waals surface area (Å²) in [7, 11) is -3.84. The van der Waals surface area contributed by atoms with E-state index in [9.17, 15) is 18.3 Å². The number of hydrogen-bond donors (Lipinski definition) is 1. The van der Waals surface area contributed by atoms with Crippen LogP contribution in [0.25, 0.3) is 10.9 Å². The lowest BCUT2D eigenvalue weighted by Crippen LogP contribution is -2.38. The molecule has 0 bridgehead atoms. The Morgan fingerprint density at radius 2 is 1.64 bits per heavy atom. The molecule has 1 unspecified atom stereocenters. The SMILES string of the molecule is Cc1ccc(S(=O)(=O)N(Cc2ccccc2)CC(O)Cn2cc(C=O)c3ccccc32)cc1. The van der Waals surface area contributed by atoms with Gasteiger partial charge in [0.05, 0.1) is 11.0 Å². The van der Waals surface area contributed by atoms with Gasteiger partial charge in [0.1, 0.15) is 0 Å². The fourth-order valence-corrected chi connectivity index (χ4v) is 5.40. The van der Waals surface area contributed by atoms with Gasteiger partial charge in [-0.05, 0) is 30.7 Å². The van der Waals surface area contributed by atoms with Gasteiger partial charge in [0.15, 0.2) is 6.29 Å². The number of sulfonamides is 1. The van der Waals surface area contributed by atoms with Gasteiger partial charge in [-0.15, -0.1) is 0 Å². The molecule has 1 heterocycles. The fraction of sp³-hybridized carbons (Fsp3) is 0.192. The number of nitrogens with zero attached hydrogens (tertiary/aromatic N) is 2. The highest BCUT2D eigenvalue weighted by Gasteiger charge is 2.27. The van der Waals surface area contributed by atoms with E-state index in [0.717, 1.165) is 28.3 Å². The molecule has 0 fully saturated rings. The van der Waals surface area contributed by atoms with Crippen LogP contribution in [0.3, 0.4) is 0 Å². The minimum absolute atomic E-state index is 0.0893. The number of aryl methyl sites for hydroxylation is 1. The molecule has 4 aromatic rings. The minimum atomic E-state index is -3.84. The van der Waals surface area contributed by atoms with Crippen LogP contribution in [0, 0.1) is 6.92 Å². The zero-order valence-corrected chi connectivity index (χ0v) is 19.2. The highest BCUT2D eigenvalue weighted by Crippen LogP contribution is 2.22. The van der Waals surface area contributed by atoms with E-state index in [2.05, 4.69) is 0 Å². The molecule has 6 nitrogen and oxygen atoms in total. The van der Waals surface area contributed by atoms with Crippen molar-refractivity contribution in [1.29, 1.82) is 0 Å². The van der Waals surface area contributed by atoms with Gasteiger partial charge >= 0.3 is 0 Å². The smallest absolute Gasteiger partial charge is 0.243 e. The van der Waals surface area contributed by atoms with E-state index in [0.29, 0.717) is 5.56 Å². The molecular formula is C26H26N2O4S. The van der Waals surface area contributed by atoms with Crippen molar-refractivity contribution in [2.75, 3.05) is 6.54 Å². The quantitative estimate of drug-likeness (QED) is 0.381. The van der Waals surface area contributed by atoms with Crippen LogP contribution in [-0.2, 0) is 23.1 Å². The van der Waals surface area contributed by atoms with Gasteiger partial charge < -0.3 is 9.67 Å². The average molecular weight is 463 g/mol.